The summed E-state index contributed by atoms with van der Waals surface area (Å²) in [5.41, 5.74) is 5.50. The van der Waals surface area contributed by atoms with Gasteiger partial charge in [-0.1, -0.05) is 0 Å². The third-order valence-corrected chi connectivity index (χ3v) is 2.25. The Morgan fingerprint density at radius 1 is 1.62 bits per heavy atom. The Hall–Kier alpha value is -1.36. The van der Waals surface area contributed by atoms with Crippen molar-refractivity contribution in [3.05, 3.63) is 17.7 Å². The van der Waals surface area contributed by atoms with Crippen molar-refractivity contribution in [1.29, 1.82) is 0 Å². The van der Waals surface area contributed by atoms with Gasteiger partial charge >= 0.3 is 0 Å². The number of hydrogen-bond acceptors (Lipinski definition) is 3. The summed E-state index contributed by atoms with van der Waals surface area (Å²) in [6.45, 7) is 2.65. The van der Waals surface area contributed by atoms with Crippen molar-refractivity contribution >= 4 is 5.91 Å². The van der Waals surface area contributed by atoms with Gasteiger partial charge in [-0.15, -0.1) is 0 Å². The van der Waals surface area contributed by atoms with Gasteiger partial charge in [0.25, 0.3) is 5.91 Å². The molecule has 2 rings (SSSR count). The van der Waals surface area contributed by atoms with Crippen molar-refractivity contribution in [1.82, 2.24) is 14.5 Å². The molecule has 0 spiro atoms. The lowest BCUT2D eigenvalue weighted by atomic mass is 10.4. The van der Waals surface area contributed by atoms with Crippen LogP contribution in [0.3, 0.4) is 0 Å². The van der Waals surface area contributed by atoms with Crippen LogP contribution in [-0.4, -0.2) is 34.0 Å². The third-order valence-electron chi connectivity index (χ3n) is 2.25. The van der Waals surface area contributed by atoms with Gasteiger partial charge in [0, 0.05) is 19.3 Å². The highest BCUT2D eigenvalue weighted by Crippen LogP contribution is 2.10. The lowest BCUT2D eigenvalue weighted by Gasteiger charge is -2.22. The molecule has 0 bridgehead atoms. The largest absolute Gasteiger partial charge is 0.364 e. The molecule has 5 nitrogen and oxygen atoms in total. The molecule has 1 amide bonds. The van der Waals surface area contributed by atoms with E-state index in [9.17, 15) is 4.79 Å². The fraction of sp³-hybridized carbons (Fsp3) is 0.500. The second-order valence-electron chi connectivity index (χ2n) is 3.34. The number of rotatable bonds is 1. The normalized spacial score (nSPS) is 17.0. The van der Waals surface area contributed by atoms with Crippen LogP contribution in [0.5, 0.6) is 0 Å². The number of fused-ring (bicyclic) bond motifs is 1. The molecule has 0 atom stereocenters. The molecule has 0 aliphatic carbocycles. The maximum Gasteiger partial charge on any atom is 0.268 e. The highest BCUT2D eigenvalue weighted by atomic mass is 16.1. The predicted molar refractivity (Wildman–Crippen MR) is 47.1 cm³/mol. The molecule has 1 aromatic heterocycles. The van der Waals surface area contributed by atoms with Gasteiger partial charge in [-0.3, -0.25) is 9.69 Å². The van der Waals surface area contributed by atoms with Crippen LogP contribution < -0.4 is 5.73 Å². The molecule has 0 saturated carbocycles. The van der Waals surface area contributed by atoms with E-state index < -0.39 is 5.91 Å². The summed E-state index contributed by atoms with van der Waals surface area (Å²) >= 11 is 0. The molecule has 0 saturated heterocycles. The maximum atomic E-state index is 10.8. The first kappa shape index (κ1) is 8.25. The van der Waals surface area contributed by atoms with Crippen LogP contribution in [0, 0.1) is 0 Å². The molecule has 0 radical (unpaired) electrons. The molecule has 1 aliphatic rings. The monoisotopic (exact) mass is 180 g/mol. The van der Waals surface area contributed by atoms with E-state index in [1.165, 1.54) is 0 Å². The topological polar surface area (TPSA) is 64.2 Å². The smallest absolute Gasteiger partial charge is 0.268 e. The number of likely N-dealkylation sites (N-methyl/N-ethyl adjacent to an activating group) is 1. The number of aromatic nitrogens is 2. The number of carbonyl (C=O) groups excluding carboxylic acids is 1. The minimum atomic E-state index is -0.454. The Morgan fingerprint density at radius 3 is 3.08 bits per heavy atom. The number of carbonyl (C=O) groups is 1. The first-order chi connectivity index (χ1) is 6.16. The van der Waals surface area contributed by atoms with Crippen molar-refractivity contribution in [2.75, 3.05) is 13.6 Å². The van der Waals surface area contributed by atoms with Crippen LogP contribution in [0.4, 0.5) is 0 Å². The molecule has 0 fully saturated rings. The van der Waals surface area contributed by atoms with Crippen LogP contribution in [0.2, 0.25) is 0 Å². The first-order valence-electron chi connectivity index (χ1n) is 4.21. The molecule has 0 aromatic carbocycles. The van der Waals surface area contributed by atoms with E-state index in [0.29, 0.717) is 5.69 Å². The summed E-state index contributed by atoms with van der Waals surface area (Å²) in [4.78, 5) is 17.1. The Balaban J connectivity index is 2.33. The zero-order valence-corrected chi connectivity index (χ0v) is 7.53. The Kier molecular flexibility index (Phi) is 1.81. The summed E-state index contributed by atoms with van der Waals surface area (Å²) in [7, 11) is 2.03. The van der Waals surface area contributed by atoms with E-state index in [0.717, 1.165) is 25.5 Å². The van der Waals surface area contributed by atoms with Gasteiger partial charge in [0.15, 0.2) is 0 Å². The number of primary amides is 1. The highest BCUT2D eigenvalue weighted by molar-refractivity contribution is 5.90. The number of nitrogens with two attached hydrogens (primary N) is 1. The summed E-state index contributed by atoms with van der Waals surface area (Å²) in [5.74, 6) is 0.465. The molecule has 1 aromatic rings. The quantitative estimate of drug-likeness (QED) is 0.629. The molecule has 2 N–H and O–H groups in total. The lowest BCUT2D eigenvalue weighted by Crippen LogP contribution is -2.30. The molecular formula is C8H12N4O. The summed E-state index contributed by atoms with van der Waals surface area (Å²) in [6, 6.07) is 0. The van der Waals surface area contributed by atoms with Gasteiger partial charge in [0.05, 0.1) is 6.54 Å². The van der Waals surface area contributed by atoms with Crippen molar-refractivity contribution in [2.45, 2.75) is 13.1 Å². The third kappa shape index (κ3) is 1.42. The van der Waals surface area contributed by atoms with E-state index in [-0.39, 0.29) is 0 Å². The van der Waals surface area contributed by atoms with Gasteiger partial charge in [0.2, 0.25) is 0 Å². The van der Waals surface area contributed by atoms with Crippen molar-refractivity contribution in [2.24, 2.45) is 5.73 Å². The predicted octanol–water partition coefficient (Wildman–Crippen LogP) is -0.573. The van der Waals surface area contributed by atoms with Crippen molar-refractivity contribution in [3.8, 4) is 0 Å². The van der Waals surface area contributed by atoms with E-state index in [4.69, 9.17) is 5.73 Å². The fourth-order valence-electron chi connectivity index (χ4n) is 1.49. The number of amides is 1. The molecule has 5 heteroatoms. The Bertz CT molecular complexity index is 344. The van der Waals surface area contributed by atoms with Gasteiger partial charge < -0.3 is 10.3 Å². The highest BCUT2D eigenvalue weighted by Gasteiger charge is 2.17. The first-order valence-corrected chi connectivity index (χ1v) is 4.21. The minimum absolute atomic E-state index is 0.366. The maximum absolute atomic E-state index is 10.8. The van der Waals surface area contributed by atoms with E-state index in [1.54, 1.807) is 6.20 Å². The fourth-order valence-corrected chi connectivity index (χ4v) is 1.49. The van der Waals surface area contributed by atoms with Crippen LogP contribution in [0.15, 0.2) is 6.20 Å². The average molecular weight is 180 g/mol. The SMILES string of the molecule is CN1CCn2cc(C(N)=O)nc2C1. The standard InChI is InChI=1S/C8H12N4O/c1-11-2-3-12-4-6(8(9)13)10-7(12)5-11/h4H,2-3,5H2,1H3,(H2,9,13). The molecule has 13 heavy (non-hydrogen) atoms. The van der Waals surface area contributed by atoms with Gasteiger partial charge in [-0.05, 0) is 7.05 Å². The molecule has 2 heterocycles. The zero-order valence-electron chi connectivity index (χ0n) is 7.53. The molecule has 70 valence electrons. The van der Waals surface area contributed by atoms with Crippen LogP contribution in [0.25, 0.3) is 0 Å². The van der Waals surface area contributed by atoms with E-state index >= 15 is 0 Å². The van der Waals surface area contributed by atoms with Gasteiger partial charge in [-0.25, -0.2) is 4.98 Å². The summed E-state index contributed by atoms with van der Waals surface area (Å²) in [6.07, 6.45) is 1.73. The summed E-state index contributed by atoms with van der Waals surface area (Å²) < 4.78 is 1.99. The number of nitrogens with zero attached hydrogens (tertiary/aromatic N) is 3. The second-order valence-corrected chi connectivity index (χ2v) is 3.34. The van der Waals surface area contributed by atoms with E-state index in [2.05, 4.69) is 9.88 Å². The Morgan fingerprint density at radius 2 is 2.38 bits per heavy atom. The Labute approximate surface area is 76.2 Å². The van der Waals surface area contributed by atoms with Crippen molar-refractivity contribution < 1.29 is 4.79 Å². The van der Waals surface area contributed by atoms with Gasteiger partial charge in [-0.2, -0.15) is 0 Å². The van der Waals surface area contributed by atoms with Crippen molar-refractivity contribution in [3.63, 3.8) is 0 Å². The average Bonchev–Trinajstić information content (AvgIpc) is 2.46. The molecule has 1 aliphatic heterocycles. The lowest BCUT2D eigenvalue weighted by molar-refractivity contribution is 0.0996. The van der Waals surface area contributed by atoms with Gasteiger partial charge in [0.1, 0.15) is 11.5 Å². The zero-order chi connectivity index (χ0) is 9.42. The van der Waals surface area contributed by atoms with Crippen LogP contribution in [-0.2, 0) is 13.1 Å². The number of imidazole rings is 1. The minimum Gasteiger partial charge on any atom is -0.364 e. The van der Waals surface area contributed by atoms with Crippen LogP contribution >= 0.6 is 0 Å². The summed E-state index contributed by atoms with van der Waals surface area (Å²) in [5, 5.41) is 0. The molecular weight excluding hydrogens is 168 g/mol. The number of hydrogen-bond donors (Lipinski definition) is 1. The molecule has 0 unspecified atom stereocenters. The van der Waals surface area contributed by atoms with Crippen LogP contribution in [0.1, 0.15) is 16.3 Å². The van der Waals surface area contributed by atoms with E-state index in [1.807, 2.05) is 11.6 Å². The second kappa shape index (κ2) is 2.85.